The van der Waals surface area contributed by atoms with Crippen molar-refractivity contribution in [3.05, 3.63) is 215 Å². The third-order valence-electron chi connectivity index (χ3n) is 24.5. The second kappa shape index (κ2) is 47.4. The molecule has 3 unspecified atom stereocenters. The molecule has 38 nitrogen and oxygen atoms in total. The van der Waals surface area contributed by atoms with E-state index in [9.17, 15) is 61.6 Å². The van der Waals surface area contributed by atoms with E-state index in [1.807, 2.05) is 108 Å². The fourth-order valence-electron chi connectivity index (χ4n) is 17.3. The van der Waals surface area contributed by atoms with Crippen molar-refractivity contribution in [3.8, 4) is 68.3 Å². The Morgan fingerprint density at radius 2 is 0.839 bits per heavy atom. The number of piperidine rings is 2. The molecule has 45 heteroatoms. The van der Waals surface area contributed by atoms with Crippen LogP contribution in [0.25, 0.3) is 45.0 Å². The van der Waals surface area contributed by atoms with Crippen LogP contribution in [0.2, 0.25) is 0 Å². The molecular weight excluding hydrogens is 2010 g/mol. The summed E-state index contributed by atoms with van der Waals surface area (Å²) in [6, 6.07) is 41.3. The fraction of sp³-hybridized carbons (Fsp3) is 0.385. The smallest absolute Gasteiger partial charge is 0.291 e. The molecule has 14 heterocycles. The number of amides is 4. The number of anilines is 8. The number of nitrogens with two attached hydrogens (primary N) is 4. The highest BCUT2D eigenvalue weighted by atomic mass is 32.2. The monoisotopic (exact) mass is 2140 g/mol. The van der Waals surface area contributed by atoms with Crippen molar-refractivity contribution in [2.45, 2.75) is 204 Å². The van der Waals surface area contributed by atoms with Gasteiger partial charge in [-0.05, 0) is 258 Å². The number of hydrogen-bond acceptors (Lipinski definition) is 35. The number of rotatable bonds is 30. The average molecular weight is 2140 g/mol. The largest absolute Gasteiger partial charge is 0.493 e. The number of nitrogen functional groups attached to an aromatic ring is 4. The number of carbonyl (C=O) groups is 4. The third-order valence-corrected chi connectivity index (χ3v) is 30.8. The van der Waals surface area contributed by atoms with Gasteiger partial charge in [0.2, 0.25) is 16.1 Å². The van der Waals surface area contributed by atoms with Crippen molar-refractivity contribution in [1.29, 1.82) is 0 Å². The normalized spacial score (nSPS) is 16.6. The first-order chi connectivity index (χ1) is 70.3. The molecule has 2 aromatic carbocycles. The lowest BCUT2D eigenvalue weighted by Crippen LogP contribution is -2.44. The molecule has 4 fully saturated rings. The Balaban J connectivity index is 0.000000166. The lowest BCUT2D eigenvalue weighted by molar-refractivity contribution is 0.0972. The van der Waals surface area contributed by atoms with Crippen LogP contribution in [-0.4, -0.2) is 182 Å². The zero-order valence-electron chi connectivity index (χ0n) is 85.7. The summed E-state index contributed by atoms with van der Waals surface area (Å²) in [5.41, 5.74) is 26.8. The number of nitrogens with one attached hydrogen (secondary N) is 4. The average Bonchev–Trinajstić information content (AvgIpc) is 1.59. The van der Waals surface area contributed by atoms with Gasteiger partial charge in [0, 0.05) is 114 Å². The van der Waals surface area contributed by atoms with Gasteiger partial charge in [-0.25, -0.2) is 77.5 Å². The van der Waals surface area contributed by atoms with Crippen LogP contribution in [-0.2, 0) is 40.1 Å². The molecule has 149 heavy (non-hydrogen) atoms. The minimum Gasteiger partial charge on any atom is -0.493 e. The first kappa shape index (κ1) is 112. The van der Waals surface area contributed by atoms with Gasteiger partial charge in [0.15, 0.2) is 15.1 Å². The number of nitrogens with zero attached hydrogens (tertiary/aromatic N) is 14. The van der Waals surface area contributed by atoms with Crippen molar-refractivity contribution < 1.29 is 80.6 Å². The SMILES string of the molecule is CC(C)COc1cc(F)cc(-c2ccc(C(=O)NS(=O)(=O)c3cccc(N)n3)c(N3CCCC(C)C3C)n2)c1.CC(C)COc1cc(F)cc(-c2ccc(C(=O)NS(=O)(=O)c3nc(N)cs3)c(N3CC(C)CC3(C)C)n2)c1.CC(C)Oc1ccc(-c2ccc(C(=O)NS(=O)(=O)c3cccc(N)n3)c(N3CCCC3(C)C)n2)cn1.CC(C)Oc1ccc(-c2ccc(C(=O)NS(=O)(=O)c3cccc(N)n3)c(N3CCC[C@H](C)C3)n2)cn1. The van der Waals surface area contributed by atoms with Crippen molar-refractivity contribution in [2.75, 3.05) is 88.5 Å². The Bertz CT molecular complexity index is 7360. The van der Waals surface area contributed by atoms with E-state index in [1.54, 1.807) is 73.1 Å². The Labute approximate surface area is 871 Å². The molecule has 10 aromatic heterocycles. The summed E-state index contributed by atoms with van der Waals surface area (Å²) in [5.74, 6) is 0.746. The van der Waals surface area contributed by atoms with Crippen molar-refractivity contribution in [1.82, 2.24) is 68.7 Å². The highest BCUT2D eigenvalue weighted by Crippen LogP contribution is 2.42. The highest BCUT2D eigenvalue weighted by Gasteiger charge is 2.42. The van der Waals surface area contributed by atoms with Gasteiger partial charge in [-0.1, -0.05) is 66.7 Å². The van der Waals surface area contributed by atoms with Crippen LogP contribution >= 0.6 is 11.3 Å². The second-order valence-electron chi connectivity index (χ2n) is 39.7. The van der Waals surface area contributed by atoms with Gasteiger partial charge < -0.3 is 61.5 Å². The first-order valence-electron chi connectivity index (χ1n) is 48.7. The maximum absolute atomic E-state index is 14.5. The molecular formula is C104H126F2N22O16S5. The van der Waals surface area contributed by atoms with Crippen LogP contribution < -0.4 is 80.4 Å². The van der Waals surface area contributed by atoms with Gasteiger partial charge in [-0.3, -0.25) is 19.2 Å². The van der Waals surface area contributed by atoms with Crippen LogP contribution in [0.15, 0.2) is 201 Å². The lowest BCUT2D eigenvalue weighted by Gasteiger charge is -2.39. The van der Waals surface area contributed by atoms with Crippen LogP contribution in [0, 0.1) is 41.2 Å². The molecule has 4 saturated heterocycles. The number of benzene rings is 2. The van der Waals surface area contributed by atoms with Crippen molar-refractivity contribution in [2.24, 2.45) is 29.6 Å². The summed E-state index contributed by atoms with van der Waals surface area (Å²) in [6.07, 6.45) is 9.95. The van der Waals surface area contributed by atoms with Gasteiger partial charge in [-0.15, -0.1) is 11.3 Å². The molecule has 16 rings (SSSR count). The van der Waals surface area contributed by atoms with Crippen molar-refractivity contribution in [3.63, 3.8) is 0 Å². The molecule has 0 bridgehead atoms. The van der Waals surface area contributed by atoms with Gasteiger partial charge in [-0.2, -0.15) is 33.7 Å². The lowest BCUT2D eigenvalue weighted by atomic mass is 9.91. The van der Waals surface area contributed by atoms with Crippen LogP contribution in [0.1, 0.15) is 197 Å². The molecule has 0 aliphatic carbocycles. The minimum atomic E-state index is -4.29. The summed E-state index contributed by atoms with van der Waals surface area (Å²) in [6.45, 7) is 36.6. The van der Waals surface area contributed by atoms with Gasteiger partial charge in [0.05, 0.1) is 70.5 Å². The maximum Gasteiger partial charge on any atom is 0.291 e. The van der Waals surface area contributed by atoms with Crippen LogP contribution in [0.4, 0.5) is 55.3 Å². The van der Waals surface area contributed by atoms with E-state index in [2.05, 4.69) is 83.4 Å². The Morgan fingerprint density at radius 1 is 0.430 bits per heavy atom. The number of hydrogen-bond donors (Lipinski definition) is 8. The minimum absolute atomic E-state index is 0.00192. The number of pyridine rings is 9. The Kier molecular flexibility index (Phi) is 35.5. The molecule has 4 atom stereocenters. The predicted octanol–water partition coefficient (Wildman–Crippen LogP) is 16.0. The summed E-state index contributed by atoms with van der Waals surface area (Å²) < 4.78 is 162. The zero-order chi connectivity index (χ0) is 108. The quantitative estimate of drug-likeness (QED) is 0.0207. The molecule has 0 saturated carbocycles. The van der Waals surface area contributed by atoms with E-state index in [-0.39, 0.29) is 106 Å². The molecule has 4 aliphatic heterocycles. The fourth-order valence-corrected chi connectivity index (χ4v) is 22.0. The summed E-state index contributed by atoms with van der Waals surface area (Å²) in [5, 5.41) is 0.352. The van der Waals surface area contributed by atoms with Crippen molar-refractivity contribution >= 4 is 122 Å². The molecule has 0 spiro atoms. The molecule has 12 N–H and O–H groups in total. The van der Waals surface area contributed by atoms with Gasteiger partial charge >= 0.3 is 0 Å². The second-order valence-corrected chi connectivity index (χ2v) is 47.3. The highest BCUT2D eigenvalue weighted by molar-refractivity contribution is 7.92. The molecule has 4 aliphatic rings. The Hall–Kier alpha value is -14.4. The van der Waals surface area contributed by atoms with E-state index in [1.165, 1.54) is 96.4 Å². The summed E-state index contributed by atoms with van der Waals surface area (Å²) in [7, 11) is -17.0. The predicted molar refractivity (Wildman–Crippen MR) is 569 cm³/mol. The number of carbonyl (C=O) groups excluding carboxylic acids is 4. The number of halogens is 2. The van der Waals surface area contributed by atoms with Gasteiger partial charge in [0.1, 0.15) is 69.7 Å². The number of aromatic nitrogens is 10. The van der Waals surface area contributed by atoms with E-state index < -0.39 is 75.4 Å². The summed E-state index contributed by atoms with van der Waals surface area (Å²) in [4.78, 5) is 104. The first-order valence-corrected chi connectivity index (χ1v) is 55.5. The topological polar surface area (TPSA) is 536 Å². The molecule has 4 amide bonds. The van der Waals surface area contributed by atoms with E-state index >= 15 is 0 Å². The van der Waals surface area contributed by atoms with Crippen LogP contribution in [0.5, 0.6) is 23.3 Å². The van der Waals surface area contributed by atoms with E-state index in [0.29, 0.717) is 144 Å². The molecule has 0 radical (unpaired) electrons. The molecule has 12 aromatic rings. The standard InChI is InChI=1S/C28H34FN5O4S.C26H32FN5O4S2.2C25H30N6O4S/c1-17(2)16-38-22-14-20(13-21(29)15-22)24-11-10-23(27(31-24)34-12-6-7-18(3)19(34)4)28(35)33-39(36,37)26-9-5-8-25(30)32-26;1-15(2)13-36-19-9-17(8-18(27)10-19)21-7-6-20(23(29-21)32-12-16(3)11-26(32,4)5)24(33)31-38(34,35)25-30-22(28)14-37-25;1-16(2)35-21-12-9-17(15-27-21)19-11-10-18(23(28-19)31-14-6-13-25(31,3)4)24(32)30-36(33,34)22-8-5-7-20(26)29-22;1-16(2)35-22-12-9-18(14-27-22)20-11-10-19(24(28-20)31-13-5-6-17(3)15-31)25(32)30-36(33,34)23-8-4-7-21(26)29-23/h5,8-11,13-15,17-19H,6-7,12,16H2,1-4H3,(H2,30,32)(H,33,35);6-10,14-16H,11-13,28H2,1-5H3,(H,31,33);5,7-12,15-16H,6,13-14H2,1-4H3,(H2,26,29)(H,30,32);4,7-12,14,16-17H,5-6,13,15H2,1-3H3,(H2,26,29)(H,30,32)/t;;;17-/m...0/s1. The summed E-state index contributed by atoms with van der Waals surface area (Å²) >= 11 is 0.819. The van der Waals surface area contributed by atoms with Crippen LogP contribution in [0.3, 0.4) is 0 Å². The van der Waals surface area contributed by atoms with E-state index in [4.69, 9.17) is 61.8 Å². The van der Waals surface area contributed by atoms with E-state index in [0.717, 1.165) is 67.4 Å². The number of ether oxygens (including phenoxy) is 4. The number of sulfonamides is 4. The maximum atomic E-state index is 14.5. The molecule has 792 valence electrons. The third kappa shape index (κ3) is 29.0. The zero-order valence-corrected chi connectivity index (χ0v) is 89.8. The number of thiazole rings is 1. The van der Waals surface area contributed by atoms with Gasteiger partial charge in [0.25, 0.3) is 63.7 Å². The Morgan fingerprint density at radius 3 is 1.22 bits per heavy atom.